The molecule has 3 saturated heterocycles. The Kier molecular flexibility index (Phi) is 7.42. The number of carbonyl (C=O) groups excluding carboxylic acids is 3. The number of nitrogens with zero attached hydrogens (tertiary/aromatic N) is 4. The average Bonchev–Trinajstić information content (AvgIpc) is 3.69. The van der Waals surface area contributed by atoms with Crippen LogP contribution in [-0.4, -0.2) is 105 Å². The van der Waals surface area contributed by atoms with E-state index in [0.29, 0.717) is 50.5 Å². The second-order valence-corrected chi connectivity index (χ2v) is 13.0. The number of sulfonamides is 1. The molecule has 12 heteroatoms. The van der Waals surface area contributed by atoms with Crippen LogP contribution in [0.3, 0.4) is 0 Å². The summed E-state index contributed by atoms with van der Waals surface area (Å²) < 4.78 is 32.9. The molecule has 6 rings (SSSR count). The fraction of sp³-hybridized carbons (Fsp3) is 0.433. The molecule has 0 radical (unpaired) electrons. The zero-order chi connectivity index (χ0) is 29.6. The fourth-order valence-electron chi connectivity index (χ4n) is 6.55. The third-order valence-corrected chi connectivity index (χ3v) is 10.6. The summed E-state index contributed by atoms with van der Waals surface area (Å²) in [7, 11) is -2.11. The lowest BCUT2D eigenvalue weighted by molar-refractivity contribution is -0.143. The molecule has 4 heterocycles. The topological polar surface area (TPSA) is 128 Å². The lowest BCUT2D eigenvalue weighted by atomic mass is 9.82. The zero-order valence-corrected chi connectivity index (χ0v) is 24.3. The SMILES string of the molecule is CN1C(=O)[C@]2(C(=C(O)c3ccc(S(=O)(=O)N4CCCC4)cc3)C(=O)C(=O)N2CCCN2CCOCC2)c2ccccc21. The highest BCUT2D eigenvalue weighted by Gasteiger charge is 2.66. The van der Waals surface area contributed by atoms with E-state index in [1.165, 1.54) is 38.4 Å². The van der Waals surface area contributed by atoms with E-state index in [1.807, 2.05) is 0 Å². The van der Waals surface area contributed by atoms with Crippen LogP contribution in [0.5, 0.6) is 0 Å². The smallest absolute Gasteiger partial charge is 0.296 e. The first kappa shape index (κ1) is 28.5. The second kappa shape index (κ2) is 10.9. The van der Waals surface area contributed by atoms with Gasteiger partial charge in [-0.1, -0.05) is 18.2 Å². The predicted octanol–water partition coefficient (Wildman–Crippen LogP) is 1.75. The maximum atomic E-state index is 14.2. The van der Waals surface area contributed by atoms with Gasteiger partial charge in [0.05, 0.1) is 23.7 Å². The summed E-state index contributed by atoms with van der Waals surface area (Å²) in [5, 5.41) is 11.6. The van der Waals surface area contributed by atoms with E-state index < -0.39 is 38.9 Å². The number of benzene rings is 2. The van der Waals surface area contributed by atoms with E-state index in [1.54, 1.807) is 31.3 Å². The van der Waals surface area contributed by atoms with E-state index in [0.717, 1.165) is 25.9 Å². The van der Waals surface area contributed by atoms with E-state index >= 15 is 0 Å². The Bertz CT molecular complexity index is 1560. The Morgan fingerprint density at radius 1 is 0.929 bits per heavy atom. The number of ether oxygens (including phenoxy) is 1. The normalized spacial score (nSPS) is 24.7. The van der Waals surface area contributed by atoms with Crippen molar-refractivity contribution in [2.75, 3.05) is 64.4 Å². The molecule has 2 amide bonds. The number of carbonyl (C=O) groups is 3. The number of para-hydroxylation sites is 1. The lowest BCUT2D eigenvalue weighted by Crippen LogP contribution is -2.52. The molecule has 0 unspecified atom stereocenters. The Labute approximate surface area is 245 Å². The fourth-order valence-corrected chi connectivity index (χ4v) is 8.07. The van der Waals surface area contributed by atoms with Crippen molar-refractivity contribution in [2.45, 2.75) is 29.7 Å². The molecule has 2 aromatic rings. The van der Waals surface area contributed by atoms with Crippen LogP contribution in [0.25, 0.3) is 5.76 Å². The van der Waals surface area contributed by atoms with Gasteiger partial charge in [-0.3, -0.25) is 19.3 Å². The molecule has 1 spiro atoms. The molecule has 3 fully saturated rings. The van der Waals surface area contributed by atoms with Gasteiger partial charge in [0.1, 0.15) is 5.76 Å². The number of aliphatic hydroxyl groups excluding tert-OH is 1. The Balaban J connectivity index is 1.42. The molecule has 1 N–H and O–H groups in total. The summed E-state index contributed by atoms with van der Waals surface area (Å²) in [4.78, 5) is 46.5. The molecular weight excluding hydrogens is 560 g/mol. The van der Waals surface area contributed by atoms with E-state index in [4.69, 9.17) is 4.74 Å². The molecule has 0 aromatic heterocycles. The highest BCUT2D eigenvalue weighted by Crippen LogP contribution is 2.53. The van der Waals surface area contributed by atoms with E-state index in [2.05, 4.69) is 4.90 Å². The number of amides is 2. The van der Waals surface area contributed by atoms with Gasteiger partial charge >= 0.3 is 0 Å². The number of ketones is 1. The molecule has 2 aromatic carbocycles. The molecule has 4 aliphatic rings. The number of likely N-dealkylation sites (tertiary alicyclic amines) is 1. The van der Waals surface area contributed by atoms with Crippen molar-refractivity contribution in [3.63, 3.8) is 0 Å². The van der Waals surface area contributed by atoms with Gasteiger partial charge < -0.3 is 19.6 Å². The van der Waals surface area contributed by atoms with Gasteiger partial charge in [0, 0.05) is 63.1 Å². The lowest BCUT2D eigenvalue weighted by Gasteiger charge is -2.35. The van der Waals surface area contributed by atoms with Crippen molar-refractivity contribution in [1.82, 2.24) is 14.1 Å². The van der Waals surface area contributed by atoms with Crippen molar-refractivity contribution < 1.29 is 32.6 Å². The van der Waals surface area contributed by atoms with Crippen molar-refractivity contribution >= 4 is 39.1 Å². The van der Waals surface area contributed by atoms with Crippen LogP contribution in [0.15, 0.2) is 59.0 Å². The number of morpholine rings is 1. The van der Waals surface area contributed by atoms with Crippen LogP contribution in [-0.2, 0) is 34.7 Å². The van der Waals surface area contributed by atoms with Gasteiger partial charge in [-0.15, -0.1) is 0 Å². The van der Waals surface area contributed by atoms with Gasteiger partial charge in [0.25, 0.3) is 17.6 Å². The average molecular weight is 595 g/mol. The predicted molar refractivity (Wildman–Crippen MR) is 154 cm³/mol. The maximum absolute atomic E-state index is 14.2. The quantitative estimate of drug-likeness (QED) is 0.292. The molecule has 0 bridgehead atoms. The van der Waals surface area contributed by atoms with Crippen LogP contribution in [0.2, 0.25) is 0 Å². The zero-order valence-electron chi connectivity index (χ0n) is 23.5. The molecule has 42 heavy (non-hydrogen) atoms. The van der Waals surface area contributed by atoms with Gasteiger partial charge in [0.15, 0.2) is 5.54 Å². The molecule has 0 aliphatic carbocycles. The van der Waals surface area contributed by atoms with Crippen LogP contribution in [0.1, 0.15) is 30.4 Å². The van der Waals surface area contributed by atoms with Crippen molar-refractivity contribution in [1.29, 1.82) is 0 Å². The maximum Gasteiger partial charge on any atom is 0.296 e. The molecule has 4 aliphatic heterocycles. The summed E-state index contributed by atoms with van der Waals surface area (Å²) >= 11 is 0. The van der Waals surface area contributed by atoms with Gasteiger partial charge in [-0.25, -0.2) is 8.42 Å². The molecule has 11 nitrogen and oxygen atoms in total. The highest BCUT2D eigenvalue weighted by atomic mass is 32.2. The Morgan fingerprint density at radius 3 is 2.29 bits per heavy atom. The molecular formula is C30H34N4O7S. The number of anilines is 1. The van der Waals surface area contributed by atoms with Gasteiger partial charge in [-0.05, 0) is 49.6 Å². The number of likely N-dealkylation sites (N-methyl/N-ethyl adjacent to an activating group) is 1. The van der Waals surface area contributed by atoms with Gasteiger partial charge in [-0.2, -0.15) is 4.31 Å². The summed E-state index contributed by atoms with van der Waals surface area (Å²) in [5.74, 6) is -2.84. The number of Topliss-reactive ketones (excluding diaryl/α,β-unsaturated/α-hetero) is 1. The monoisotopic (exact) mass is 594 g/mol. The minimum atomic E-state index is -3.69. The van der Waals surface area contributed by atoms with Gasteiger partial charge in [0.2, 0.25) is 10.0 Å². The van der Waals surface area contributed by atoms with Crippen LogP contribution in [0.4, 0.5) is 5.69 Å². The van der Waals surface area contributed by atoms with E-state index in [9.17, 15) is 27.9 Å². The summed E-state index contributed by atoms with van der Waals surface area (Å²) in [6.07, 6.45) is 2.11. The first-order chi connectivity index (χ1) is 20.2. The number of fused-ring (bicyclic) bond motifs is 2. The summed E-state index contributed by atoms with van der Waals surface area (Å²) in [5.41, 5.74) is -1.02. The van der Waals surface area contributed by atoms with Crippen LogP contribution < -0.4 is 4.90 Å². The van der Waals surface area contributed by atoms with Crippen molar-refractivity contribution in [3.8, 4) is 0 Å². The number of hydrogen-bond acceptors (Lipinski definition) is 8. The molecule has 0 saturated carbocycles. The largest absolute Gasteiger partial charge is 0.507 e. The third-order valence-electron chi connectivity index (χ3n) is 8.73. The Hall–Kier alpha value is -3.58. The standard InChI is InChI=1S/C30H34N4O7S/c1-31-24-8-3-2-7-23(24)30(29(31)38)25(27(36)28(37)34(30)16-6-13-32-17-19-41-20-18-32)26(35)21-9-11-22(12-10-21)42(39,40)33-14-4-5-15-33/h2-3,7-12,35H,4-6,13-20H2,1H3/t30-/m1/s1. The summed E-state index contributed by atoms with van der Waals surface area (Å²) in [6.45, 7) is 4.46. The highest BCUT2D eigenvalue weighted by molar-refractivity contribution is 7.89. The van der Waals surface area contributed by atoms with Crippen molar-refractivity contribution in [3.05, 3.63) is 65.2 Å². The second-order valence-electron chi connectivity index (χ2n) is 11.0. The van der Waals surface area contributed by atoms with Crippen LogP contribution in [0, 0.1) is 0 Å². The molecule has 222 valence electrons. The minimum absolute atomic E-state index is 0.0706. The van der Waals surface area contributed by atoms with Crippen LogP contribution >= 0.6 is 0 Å². The Morgan fingerprint density at radius 2 is 1.60 bits per heavy atom. The summed E-state index contributed by atoms with van der Waals surface area (Å²) in [6, 6.07) is 12.5. The number of rotatable bonds is 7. The third kappa shape index (κ3) is 4.36. The van der Waals surface area contributed by atoms with E-state index in [-0.39, 0.29) is 22.6 Å². The minimum Gasteiger partial charge on any atom is -0.507 e. The molecule has 1 atom stereocenters. The number of hydrogen-bond donors (Lipinski definition) is 1. The number of aliphatic hydroxyl groups is 1. The first-order valence-electron chi connectivity index (χ1n) is 14.3. The van der Waals surface area contributed by atoms with Crippen molar-refractivity contribution in [2.24, 2.45) is 0 Å². The first-order valence-corrected chi connectivity index (χ1v) is 15.7.